The Morgan fingerprint density at radius 2 is 1.95 bits per heavy atom. The van der Waals surface area contributed by atoms with E-state index < -0.39 is 17.9 Å². The molecule has 0 fully saturated rings. The fourth-order valence-corrected chi connectivity index (χ4v) is 6.55. The van der Waals surface area contributed by atoms with Crippen molar-refractivity contribution in [3.63, 3.8) is 0 Å². The summed E-state index contributed by atoms with van der Waals surface area (Å²) in [7, 11) is 4.06. The van der Waals surface area contributed by atoms with Crippen LogP contribution in [0.15, 0.2) is 48.7 Å². The van der Waals surface area contributed by atoms with E-state index >= 15 is 0 Å². The number of ether oxygens (including phenoxy) is 1. The molecule has 0 bridgehead atoms. The van der Waals surface area contributed by atoms with Crippen LogP contribution in [-0.4, -0.2) is 70.5 Å². The highest BCUT2D eigenvalue weighted by atomic mass is 32.2. The minimum Gasteiger partial charge on any atom is -0.480 e. The van der Waals surface area contributed by atoms with Crippen LogP contribution in [-0.2, 0) is 22.7 Å². The SMILES string of the molecule is CCSC[C@@H](OCc1ccc(C(=O)N[C@@H](CCSC)C(=O)O)c(-c2ccccc2C)c1)c1cnc(CN(C)C)s1. The van der Waals surface area contributed by atoms with E-state index in [9.17, 15) is 14.7 Å². The van der Waals surface area contributed by atoms with Gasteiger partial charge in [-0.25, -0.2) is 9.78 Å². The Balaban J connectivity index is 1.88. The Kier molecular flexibility index (Phi) is 13.0. The average Bonchev–Trinajstić information content (AvgIpc) is 3.38. The van der Waals surface area contributed by atoms with Gasteiger partial charge in [-0.1, -0.05) is 37.3 Å². The van der Waals surface area contributed by atoms with Crippen LogP contribution in [0.2, 0.25) is 0 Å². The highest BCUT2D eigenvalue weighted by Gasteiger charge is 2.23. The van der Waals surface area contributed by atoms with Crippen LogP contribution in [0.1, 0.15) is 50.8 Å². The van der Waals surface area contributed by atoms with Crippen molar-refractivity contribution >= 4 is 46.7 Å². The number of amides is 1. The number of aromatic nitrogens is 1. The molecule has 0 saturated carbocycles. The number of rotatable bonds is 16. The van der Waals surface area contributed by atoms with Gasteiger partial charge in [0.2, 0.25) is 0 Å². The van der Waals surface area contributed by atoms with Crippen LogP contribution in [0, 0.1) is 6.92 Å². The number of hydrogen-bond acceptors (Lipinski definition) is 8. The highest BCUT2D eigenvalue weighted by molar-refractivity contribution is 7.99. The lowest BCUT2D eigenvalue weighted by Crippen LogP contribution is -2.41. The second kappa shape index (κ2) is 16.2. The van der Waals surface area contributed by atoms with Crippen molar-refractivity contribution in [2.45, 2.75) is 45.6 Å². The molecule has 7 nitrogen and oxygen atoms in total. The van der Waals surface area contributed by atoms with Crippen LogP contribution in [0.5, 0.6) is 0 Å². The highest BCUT2D eigenvalue weighted by Crippen LogP contribution is 2.31. The van der Waals surface area contributed by atoms with Gasteiger partial charge >= 0.3 is 5.97 Å². The van der Waals surface area contributed by atoms with Crippen molar-refractivity contribution in [2.75, 3.05) is 37.6 Å². The fourth-order valence-electron chi connectivity index (χ4n) is 4.16. The zero-order valence-corrected chi connectivity index (χ0v) is 26.3. The zero-order chi connectivity index (χ0) is 29.1. The van der Waals surface area contributed by atoms with E-state index in [0.29, 0.717) is 24.3 Å². The number of carboxylic acid groups (broad SMARTS) is 1. The third-order valence-electron chi connectivity index (χ3n) is 6.24. The maximum Gasteiger partial charge on any atom is 0.326 e. The smallest absolute Gasteiger partial charge is 0.326 e. The summed E-state index contributed by atoms with van der Waals surface area (Å²) >= 11 is 5.07. The van der Waals surface area contributed by atoms with Crippen molar-refractivity contribution < 1.29 is 19.4 Å². The van der Waals surface area contributed by atoms with Gasteiger partial charge in [-0.05, 0) is 79.6 Å². The quantitative estimate of drug-likeness (QED) is 0.203. The van der Waals surface area contributed by atoms with Crippen molar-refractivity contribution in [2.24, 2.45) is 0 Å². The molecule has 0 aliphatic carbocycles. The topological polar surface area (TPSA) is 91.8 Å². The summed E-state index contributed by atoms with van der Waals surface area (Å²) in [6.07, 6.45) is 4.11. The standard InChI is InChI=1S/C30H39N3O4S3/c1-6-39-19-26(27-16-31-28(40-27)17-33(3)4)37-18-21-11-12-23(24(15-21)22-10-8-7-9-20(22)2)29(34)32-25(30(35)36)13-14-38-5/h7-12,15-16,25-26H,6,13-14,17-19H2,1-5H3,(H,32,34)(H,35,36)/t25-,26+/m0/s1. The summed E-state index contributed by atoms with van der Waals surface area (Å²) in [4.78, 5) is 32.9. The average molecular weight is 602 g/mol. The number of carbonyl (C=O) groups is 2. The van der Waals surface area contributed by atoms with Gasteiger partial charge in [0, 0.05) is 24.1 Å². The summed E-state index contributed by atoms with van der Waals surface area (Å²) in [5.74, 6) is 1.05. The van der Waals surface area contributed by atoms with Gasteiger partial charge in [-0.15, -0.1) is 11.3 Å². The van der Waals surface area contributed by atoms with Crippen molar-refractivity contribution in [1.29, 1.82) is 0 Å². The lowest BCUT2D eigenvalue weighted by Gasteiger charge is -2.19. The molecule has 0 saturated heterocycles. The fraction of sp³-hybridized carbons (Fsp3) is 0.433. The molecule has 2 atom stereocenters. The first-order valence-corrected chi connectivity index (χ1v) is 16.6. The first-order valence-electron chi connectivity index (χ1n) is 13.2. The van der Waals surface area contributed by atoms with Crippen molar-refractivity contribution in [3.8, 4) is 11.1 Å². The van der Waals surface area contributed by atoms with E-state index in [1.54, 1.807) is 29.2 Å². The van der Waals surface area contributed by atoms with Crippen LogP contribution in [0.25, 0.3) is 11.1 Å². The normalized spacial score (nSPS) is 12.8. The molecule has 3 rings (SSSR count). The molecule has 2 N–H and O–H groups in total. The molecule has 3 aromatic rings. The van der Waals surface area contributed by atoms with Gasteiger partial charge < -0.3 is 20.1 Å². The molecule has 0 aliphatic heterocycles. The number of nitrogens with zero attached hydrogens (tertiary/aromatic N) is 2. The largest absolute Gasteiger partial charge is 0.480 e. The molecule has 0 radical (unpaired) electrons. The number of aryl methyl sites for hydroxylation is 1. The van der Waals surface area contributed by atoms with E-state index in [1.165, 1.54) is 0 Å². The van der Waals surface area contributed by atoms with Gasteiger partial charge in [0.15, 0.2) is 0 Å². The third-order valence-corrected chi connectivity index (χ3v) is 8.91. The zero-order valence-electron chi connectivity index (χ0n) is 23.8. The lowest BCUT2D eigenvalue weighted by atomic mass is 9.93. The molecule has 0 aliphatic rings. The van der Waals surface area contributed by atoms with E-state index in [4.69, 9.17) is 4.74 Å². The predicted octanol–water partition coefficient (Wildman–Crippen LogP) is 6.13. The molecule has 1 amide bonds. The number of carboxylic acids is 1. The number of benzene rings is 2. The Hall–Kier alpha value is -2.37. The first-order chi connectivity index (χ1) is 19.2. The second-order valence-corrected chi connectivity index (χ2v) is 13.1. The van der Waals surface area contributed by atoms with Crippen molar-refractivity contribution in [1.82, 2.24) is 15.2 Å². The summed E-state index contributed by atoms with van der Waals surface area (Å²) in [5, 5.41) is 13.4. The first kappa shape index (κ1) is 32.1. The molecular formula is C30H39N3O4S3. The van der Waals surface area contributed by atoms with E-state index in [-0.39, 0.29) is 6.10 Å². The minimum atomic E-state index is -1.03. The monoisotopic (exact) mass is 601 g/mol. The number of carbonyl (C=O) groups excluding carboxylic acids is 1. The van der Waals surface area contributed by atoms with Crippen molar-refractivity contribution in [3.05, 3.63) is 75.2 Å². The summed E-state index contributed by atoms with van der Waals surface area (Å²) in [6.45, 7) is 5.32. The summed E-state index contributed by atoms with van der Waals surface area (Å²) in [6, 6.07) is 12.6. The van der Waals surface area contributed by atoms with Gasteiger partial charge in [-0.3, -0.25) is 4.79 Å². The van der Waals surface area contributed by atoms with Crippen LogP contribution < -0.4 is 5.32 Å². The van der Waals surface area contributed by atoms with E-state index in [2.05, 4.69) is 22.1 Å². The number of thioether (sulfide) groups is 2. The molecule has 0 unspecified atom stereocenters. The predicted molar refractivity (Wildman–Crippen MR) is 169 cm³/mol. The number of hydrogen-bond donors (Lipinski definition) is 2. The minimum absolute atomic E-state index is 0.0870. The van der Waals surface area contributed by atoms with Crippen LogP contribution >= 0.6 is 34.9 Å². The lowest BCUT2D eigenvalue weighted by molar-refractivity contribution is -0.139. The van der Waals surface area contributed by atoms with Gasteiger partial charge in [-0.2, -0.15) is 23.5 Å². The Morgan fingerprint density at radius 1 is 1.18 bits per heavy atom. The molecular weight excluding hydrogens is 563 g/mol. The van der Waals surface area contributed by atoms with Gasteiger partial charge in [0.25, 0.3) is 5.91 Å². The summed E-state index contributed by atoms with van der Waals surface area (Å²) < 4.78 is 6.45. The third kappa shape index (κ3) is 9.34. The van der Waals surface area contributed by atoms with E-state index in [1.807, 2.05) is 81.6 Å². The molecule has 1 aromatic heterocycles. The second-order valence-electron chi connectivity index (χ2n) is 9.69. The Labute approximate surface area is 250 Å². The molecule has 1 heterocycles. The Morgan fingerprint density at radius 3 is 2.62 bits per heavy atom. The molecule has 2 aromatic carbocycles. The summed E-state index contributed by atoms with van der Waals surface area (Å²) in [5.41, 5.74) is 4.11. The number of aliphatic carboxylic acids is 1. The number of thiazole rings is 1. The molecule has 10 heteroatoms. The van der Waals surface area contributed by atoms with Crippen LogP contribution in [0.4, 0.5) is 0 Å². The Bertz CT molecular complexity index is 1260. The van der Waals surface area contributed by atoms with Gasteiger partial charge in [0.1, 0.15) is 17.2 Å². The molecule has 40 heavy (non-hydrogen) atoms. The van der Waals surface area contributed by atoms with Gasteiger partial charge in [0.05, 0.1) is 11.5 Å². The van der Waals surface area contributed by atoms with Crippen LogP contribution in [0.3, 0.4) is 0 Å². The maximum atomic E-state index is 13.4. The molecule has 216 valence electrons. The maximum absolute atomic E-state index is 13.4. The molecule has 0 spiro atoms. The number of nitrogens with one attached hydrogen (secondary N) is 1. The van der Waals surface area contributed by atoms with E-state index in [0.717, 1.165) is 50.2 Å².